The minimum absolute atomic E-state index is 0.411. The number of rotatable bonds is 5. The van der Waals surface area contributed by atoms with Crippen molar-refractivity contribution in [2.24, 2.45) is 7.05 Å². The molecule has 0 saturated carbocycles. The first kappa shape index (κ1) is 22.1. The Morgan fingerprint density at radius 3 is 1.94 bits per heavy atom. The number of nitrogens with zero attached hydrogens (tertiary/aromatic N) is 2. The average molecular weight is 424 g/mol. The van der Waals surface area contributed by atoms with Crippen LogP contribution in [0.5, 0.6) is 0 Å². The van der Waals surface area contributed by atoms with Gasteiger partial charge in [-0.2, -0.15) is 4.57 Å². The number of aromatic nitrogens is 2. The van der Waals surface area contributed by atoms with E-state index in [-0.39, 0.29) is 0 Å². The second-order valence-electron chi connectivity index (χ2n) is 9.60. The van der Waals surface area contributed by atoms with Crippen molar-refractivity contribution < 1.29 is 4.57 Å². The molecule has 0 saturated heterocycles. The first-order valence-electron chi connectivity index (χ1n) is 11.7. The van der Waals surface area contributed by atoms with Gasteiger partial charge in [-0.15, -0.1) is 0 Å². The summed E-state index contributed by atoms with van der Waals surface area (Å²) in [4.78, 5) is 0. The summed E-state index contributed by atoms with van der Waals surface area (Å²) in [5, 5.41) is 0. The molecule has 2 heteroatoms. The van der Waals surface area contributed by atoms with Crippen molar-refractivity contribution in [3.05, 3.63) is 95.3 Å². The molecule has 0 fully saturated rings. The highest BCUT2D eigenvalue weighted by molar-refractivity contribution is 5.72. The van der Waals surface area contributed by atoms with E-state index in [1.54, 1.807) is 0 Å². The third-order valence-electron chi connectivity index (χ3n) is 6.37. The fourth-order valence-corrected chi connectivity index (χ4v) is 4.67. The standard InChI is InChI=1S/C30H35N2/c1-20(2)26-17-25(24-11-9-8-10-12-24)18-27(21(3)4)30(26)32-16-15-23(6)29(32)28-14-13-22(5)19-31(28)7/h8-21H,1-7H3/q+1. The molecule has 164 valence electrons. The minimum atomic E-state index is 0.411. The van der Waals surface area contributed by atoms with Crippen LogP contribution in [0.2, 0.25) is 0 Å². The van der Waals surface area contributed by atoms with E-state index in [4.69, 9.17) is 0 Å². The molecule has 32 heavy (non-hydrogen) atoms. The van der Waals surface area contributed by atoms with Gasteiger partial charge in [0.05, 0.1) is 5.69 Å². The molecule has 2 nitrogen and oxygen atoms in total. The van der Waals surface area contributed by atoms with Crippen molar-refractivity contribution in [3.8, 4) is 28.2 Å². The van der Waals surface area contributed by atoms with Crippen molar-refractivity contribution >= 4 is 0 Å². The maximum absolute atomic E-state index is 2.43. The molecule has 0 N–H and O–H groups in total. The Morgan fingerprint density at radius 1 is 0.750 bits per heavy atom. The van der Waals surface area contributed by atoms with Crippen molar-refractivity contribution in [1.82, 2.24) is 4.57 Å². The molecular formula is C30H35N2+. The quantitative estimate of drug-likeness (QED) is 0.294. The van der Waals surface area contributed by atoms with Gasteiger partial charge in [0.15, 0.2) is 6.20 Å². The maximum Gasteiger partial charge on any atom is 0.229 e. The predicted molar refractivity (Wildman–Crippen MR) is 135 cm³/mol. The van der Waals surface area contributed by atoms with Crippen LogP contribution in [0.1, 0.15) is 61.8 Å². The number of aryl methyl sites for hydroxylation is 3. The van der Waals surface area contributed by atoms with Crippen LogP contribution in [-0.2, 0) is 7.05 Å². The third kappa shape index (κ3) is 4.02. The van der Waals surface area contributed by atoms with Gasteiger partial charge in [0.1, 0.15) is 12.7 Å². The first-order chi connectivity index (χ1) is 15.3. The first-order valence-corrected chi connectivity index (χ1v) is 11.7. The zero-order chi connectivity index (χ0) is 23.0. The minimum Gasteiger partial charge on any atom is -0.311 e. The topological polar surface area (TPSA) is 8.81 Å². The Kier molecular flexibility index (Phi) is 6.06. The maximum atomic E-state index is 2.43. The van der Waals surface area contributed by atoms with E-state index >= 15 is 0 Å². The van der Waals surface area contributed by atoms with Gasteiger partial charge < -0.3 is 4.57 Å². The summed E-state index contributed by atoms with van der Waals surface area (Å²) in [7, 11) is 2.14. The number of benzene rings is 2. The van der Waals surface area contributed by atoms with E-state index in [0.29, 0.717) is 11.8 Å². The lowest BCUT2D eigenvalue weighted by atomic mass is 9.88. The molecule has 0 radical (unpaired) electrons. The number of hydrogen-bond acceptors (Lipinski definition) is 0. The smallest absolute Gasteiger partial charge is 0.229 e. The SMILES string of the molecule is Cc1ccc(-c2c(C)ccn2-c2c(C(C)C)cc(-c3ccccc3)cc2C(C)C)[n+](C)c1. The highest BCUT2D eigenvalue weighted by Crippen LogP contribution is 2.38. The molecule has 0 spiro atoms. The Bertz CT molecular complexity index is 1210. The molecule has 0 bridgehead atoms. The van der Waals surface area contributed by atoms with Crippen LogP contribution in [0, 0.1) is 13.8 Å². The molecular weight excluding hydrogens is 388 g/mol. The lowest BCUT2D eigenvalue weighted by Gasteiger charge is -2.24. The molecule has 0 atom stereocenters. The molecule has 0 aliphatic carbocycles. The molecule has 2 heterocycles. The molecule has 0 unspecified atom stereocenters. The van der Waals surface area contributed by atoms with Crippen LogP contribution >= 0.6 is 0 Å². The third-order valence-corrected chi connectivity index (χ3v) is 6.37. The van der Waals surface area contributed by atoms with Crippen LogP contribution in [0.25, 0.3) is 28.2 Å². The number of hydrogen-bond donors (Lipinski definition) is 0. The van der Waals surface area contributed by atoms with E-state index in [1.807, 2.05) is 0 Å². The van der Waals surface area contributed by atoms with Crippen molar-refractivity contribution in [2.75, 3.05) is 0 Å². The lowest BCUT2D eigenvalue weighted by molar-refractivity contribution is -0.660. The second-order valence-corrected chi connectivity index (χ2v) is 9.60. The molecule has 2 aromatic heterocycles. The van der Waals surface area contributed by atoms with Crippen molar-refractivity contribution in [3.63, 3.8) is 0 Å². The Hall–Kier alpha value is -3.13. The van der Waals surface area contributed by atoms with E-state index in [9.17, 15) is 0 Å². The number of pyridine rings is 1. The summed E-state index contributed by atoms with van der Waals surface area (Å²) in [6.07, 6.45) is 4.46. The van der Waals surface area contributed by atoms with E-state index in [0.717, 1.165) is 0 Å². The van der Waals surface area contributed by atoms with E-state index < -0.39 is 0 Å². The fourth-order valence-electron chi connectivity index (χ4n) is 4.67. The second kappa shape index (κ2) is 8.78. The highest BCUT2D eigenvalue weighted by atomic mass is 15.0. The van der Waals surface area contributed by atoms with Crippen LogP contribution in [0.3, 0.4) is 0 Å². The van der Waals surface area contributed by atoms with Gasteiger partial charge >= 0.3 is 0 Å². The Labute approximate surface area is 193 Å². The molecule has 4 rings (SSSR count). The lowest BCUT2D eigenvalue weighted by Crippen LogP contribution is -2.31. The van der Waals surface area contributed by atoms with Crippen molar-refractivity contribution in [2.45, 2.75) is 53.4 Å². The monoisotopic (exact) mass is 423 g/mol. The van der Waals surface area contributed by atoms with E-state index in [1.165, 1.54) is 50.5 Å². The molecule has 2 aromatic carbocycles. The Balaban J connectivity index is 2.03. The van der Waals surface area contributed by atoms with Crippen LogP contribution in [-0.4, -0.2) is 4.57 Å². The van der Waals surface area contributed by atoms with Gasteiger partial charge in [0, 0.05) is 17.8 Å². The van der Waals surface area contributed by atoms with Gasteiger partial charge in [0.2, 0.25) is 5.69 Å². The highest BCUT2D eigenvalue weighted by Gasteiger charge is 2.24. The van der Waals surface area contributed by atoms with Gasteiger partial charge in [0.25, 0.3) is 0 Å². The summed E-state index contributed by atoms with van der Waals surface area (Å²) in [6, 6.07) is 22.2. The van der Waals surface area contributed by atoms with Gasteiger partial charge in [-0.05, 0) is 77.8 Å². The normalized spacial score (nSPS) is 11.5. The fraction of sp³-hybridized carbons (Fsp3) is 0.300. The predicted octanol–water partition coefficient (Wildman–Crippen LogP) is 7.50. The van der Waals surface area contributed by atoms with Crippen LogP contribution < -0.4 is 4.57 Å². The molecule has 0 aliphatic rings. The zero-order valence-electron chi connectivity index (χ0n) is 20.5. The van der Waals surface area contributed by atoms with E-state index in [2.05, 4.69) is 131 Å². The molecule has 4 aromatic rings. The summed E-state index contributed by atoms with van der Waals surface area (Å²) in [5.74, 6) is 0.821. The van der Waals surface area contributed by atoms with Gasteiger partial charge in [-0.25, -0.2) is 0 Å². The average Bonchev–Trinajstić information content (AvgIpc) is 3.14. The van der Waals surface area contributed by atoms with Crippen molar-refractivity contribution in [1.29, 1.82) is 0 Å². The largest absolute Gasteiger partial charge is 0.311 e. The zero-order valence-corrected chi connectivity index (χ0v) is 20.5. The Morgan fingerprint density at radius 2 is 1.38 bits per heavy atom. The van der Waals surface area contributed by atoms with Crippen LogP contribution in [0.15, 0.2) is 73.1 Å². The summed E-state index contributed by atoms with van der Waals surface area (Å²) >= 11 is 0. The molecule has 0 amide bonds. The van der Waals surface area contributed by atoms with Crippen LogP contribution in [0.4, 0.5) is 0 Å². The molecule has 0 aliphatic heterocycles. The summed E-state index contributed by atoms with van der Waals surface area (Å²) < 4.78 is 4.68. The van der Waals surface area contributed by atoms with Gasteiger partial charge in [-0.1, -0.05) is 58.0 Å². The van der Waals surface area contributed by atoms with Gasteiger partial charge in [-0.3, -0.25) is 0 Å². The summed E-state index contributed by atoms with van der Waals surface area (Å²) in [6.45, 7) is 13.6. The summed E-state index contributed by atoms with van der Waals surface area (Å²) in [5.41, 5.74) is 11.7.